The van der Waals surface area contributed by atoms with E-state index in [0.717, 1.165) is 19.7 Å². The topological polar surface area (TPSA) is 24.5 Å². The second kappa shape index (κ2) is 5.92. The van der Waals surface area contributed by atoms with E-state index < -0.39 is 0 Å². The van der Waals surface area contributed by atoms with Crippen molar-refractivity contribution < 1.29 is 4.74 Å². The molecule has 2 fully saturated rings. The first-order valence-corrected chi connectivity index (χ1v) is 8.30. The van der Waals surface area contributed by atoms with Crippen LogP contribution in [0.15, 0.2) is 11.4 Å². The van der Waals surface area contributed by atoms with Crippen LogP contribution in [0.5, 0.6) is 0 Å². The van der Waals surface area contributed by atoms with Gasteiger partial charge in [-0.15, -0.1) is 11.3 Å². The van der Waals surface area contributed by atoms with Gasteiger partial charge in [-0.1, -0.05) is 6.92 Å². The first-order chi connectivity index (χ1) is 9.29. The maximum atomic E-state index is 6.19. The predicted molar refractivity (Wildman–Crippen MR) is 79.8 cm³/mol. The number of morpholine rings is 1. The van der Waals surface area contributed by atoms with Crippen LogP contribution in [0.3, 0.4) is 0 Å². The van der Waals surface area contributed by atoms with Gasteiger partial charge in [-0.05, 0) is 49.9 Å². The van der Waals surface area contributed by atoms with E-state index in [-0.39, 0.29) is 0 Å². The SMILES string of the molecule is CCNC(c1ccsc1C)C1CN2CCCC2CO1. The van der Waals surface area contributed by atoms with Gasteiger partial charge in [0.15, 0.2) is 0 Å². The Labute approximate surface area is 119 Å². The molecule has 3 unspecified atom stereocenters. The largest absolute Gasteiger partial charge is 0.373 e. The molecule has 2 saturated heterocycles. The molecule has 0 bridgehead atoms. The van der Waals surface area contributed by atoms with Crippen molar-refractivity contribution in [1.29, 1.82) is 0 Å². The summed E-state index contributed by atoms with van der Waals surface area (Å²) >= 11 is 1.83. The maximum absolute atomic E-state index is 6.19. The fraction of sp³-hybridized carbons (Fsp3) is 0.733. The Morgan fingerprint density at radius 2 is 2.47 bits per heavy atom. The van der Waals surface area contributed by atoms with Crippen LogP contribution in [0.1, 0.15) is 36.2 Å². The van der Waals surface area contributed by atoms with Crippen LogP contribution >= 0.6 is 11.3 Å². The lowest BCUT2D eigenvalue weighted by atomic mass is 10.00. The minimum atomic E-state index is 0.294. The number of ether oxygens (including phenoxy) is 1. The molecular formula is C15H24N2OS. The Morgan fingerprint density at radius 3 is 3.21 bits per heavy atom. The molecule has 0 aromatic carbocycles. The average Bonchev–Trinajstić information content (AvgIpc) is 3.03. The average molecular weight is 280 g/mol. The summed E-state index contributed by atoms with van der Waals surface area (Å²) in [5.74, 6) is 0. The highest BCUT2D eigenvalue weighted by molar-refractivity contribution is 7.10. The van der Waals surface area contributed by atoms with Gasteiger partial charge in [-0.3, -0.25) is 4.90 Å². The highest BCUT2D eigenvalue weighted by Gasteiger charge is 2.36. The second-order valence-corrected chi connectivity index (χ2v) is 6.75. The van der Waals surface area contributed by atoms with Crippen molar-refractivity contribution in [2.45, 2.75) is 44.9 Å². The number of nitrogens with one attached hydrogen (secondary N) is 1. The van der Waals surface area contributed by atoms with Gasteiger partial charge in [0.1, 0.15) is 0 Å². The zero-order valence-electron chi connectivity index (χ0n) is 11.9. The molecule has 0 spiro atoms. The molecule has 0 saturated carbocycles. The Hall–Kier alpha value is -0.420. The molecule has 1 aromatic heterocycles. The van der Waals surface area contributed by atoms with E-state index in [9.17, 15) is 0 Å². The lowest BCUT2D eigenvalue weighted by Crippen LogP contribution is -2.50. The minimum Gasteiger partial charge on any atom is -0.373 e. The summed E-state index contributed by atoms with van der Waals surface area (Å²) in [6.45, 7) is 8.63. The monoisotopic (exact) mass is 280 g/mol. The summed E-state index contributed by atoms with van der Waals surface area (Å²) in [4.78, 5) is 4.04. The van der Waals surface area contributed by atoms with E-state index >= 15 is 0 Å². The Balaban J connectivity index is 1.75. The van der Waals surface area contributed by atoms with E-state index in [0.29, 0.717) is 18.2 Å². The Bertz CT molecular complexity index is 420. The minimum absolute atomic E-state index is 0.294. The molecular weight excluding hydrogens is 256 g/mol. The van der Waals surface area contributed by atoms with E-state index in [1.807, 2.05) is 11.3 Å². The third-order valence-corrected chi connectivity index (χ3v) is 5.31. The molecule has 106 valence electrons. The van der Waals surface area contributed by atoms with E-state index in [1.54, 1.807) is 0 Å². The molecule has 3 heterocycles. The summed E-state index contributed by atoms with van der Waals surface area (Å²) in [5, 5.41) is 5.82. The van der Waals surface area contributed by atoms with Gasteiger partial charge in [0.05, 0.1) is 18.8 Å². The molecule has 1 aromatic rings. The third kappa shape index (κ3) is 2.72. The number of hydrogen-bond acceptors (Lipinski definition) is 4. The van der Waals surface area contributed by atoms with E-state index in [4.69, 9.17) is 4.74 Å². The zero-order valence-corrected chi connectivity index (χ0v) is 12.7. The fourth-order valence-corrected chi connectivity index (χ4v) is 4.17. The number of aryl methyl sites for hydroxylation is 1. The third-order valence-electron chi connectivity index (χ3n) is 4.45. The number of thiophene rings is 1. The quantitative estimate of drug-likeness (QED) is 0.917. The molecule has 3 nitrogen and oxygen atoms in total. The van der Waals surface area contributed by atoms with Crippen LogP contribution in [0, 0.1) is 6.92 Å². The zero-order chi connectivity index (χ0) is 13.2. The van der Waals surface area contributed by atoms with E-state index in [1.165, 1.54) is 29.8 Å². The van der Waals surface area contributed by atoms with Crippen LogP contribution in [0.4, 0.5) is 0 Å². The van der Waals surface area contributed by atoms with Crippen molar-refractivity contribution in [2.24, 2.45) is 0 Å². The molecule has 3 atom stereocenters. The fourth-order valence-electron chi connectivity index (χ4n) is 3.42. The first-order valence-electron chi connectivity index (χ1n) is 7.42. The van der Waals surface area contributed by atoms with Crippen molar-refractivity contribution in [2.75, 3.05) is 26.2 Å². The molecule has 19 heavy (non-hydrogen) atoms. The normalized spacial score (nSPS) is 29.4. The van der Waals surface area contributed by atoms with E-state index in [2.05, 4.69) is 35.5 Å². The smallest absolute Gasteiger partial charge is 0.0897 e. The summed E-state index contributed by atoms with van der Waals surface area (Å²) in [6, 6.07) is 3.28. The Morgan fingerprint density at radius 1 is 1.58 bits per heavy atom. The molecule has 1 N–H and O–H groups in total. The second-order valence-electron chi connectivity index (χ2n) is 5.63. The summed E-state index contributed by atoms with van der Waals surface area (Å²) < 4.78 is 6.19. The molecule has 3 rings (SSSR count). The highest BCUT2D eigenvalue weighted by atomic mass is 32.1. The van der Waals surface area contributed by atoms with Crippen molar-refractivity contribution >= 4 is 11.3 Å². The lowest BCUT2D eigenvalue weighted by Gasteiger charge is -2.39. The van der Waals surface area contributed by atoms with Crippen LogP contribution < -0.4 is 5.32 Å². The van der Waals surface area contributed by atoms with Crippen molar-refractivity contribution in [3.63, 3.8) is 0 Å². The predicted octanol–water partition coefficient (Wildman–Crippen LogP) is 2.57. The van der Waals surface area contributed by atoms with Gasteiger partial charge < -0.3 is 10.1 Å². The van der Waals surface area contributed by atoms with Gasteiger partial charge >= 0.3 is 0 Å². The van der Waals surface area contributed by atoms with Crippen LogP contribution in [0.2, 0.25) is 0 Å². The molecule has 0 aliphatic carbocycles. The van der Waals surface area contributed by atoms with Gasteiger partial charge in [0.25, 0.3) is 0 Å². The van der Waals surface area contributed by atoms with Gasteiger partial charge in [0, 0.05) is 17.5 Å². The van der Waals surface area contributed by atoms with Crippen molar-refractivity contribution in [3.05, 3.63) is 21.9 Å². The number of likely N-dealkylation sites (N-methyl/N-ethyl adjacent to an activating group) is 1. The molecule has 0 radical (unpaired) electrons. The van der Waals surface area contributed by atoms with Crippen molar-refractivity contribution in [1.82, 2.24) is 10.2 Å². The number of nitrogens with zero attached hydrogens (tertiary/aromatic N) is 1. The standard InChI is InChI=1S/C15H24N2OS/c1-3-16-15(13-6-8-19-11(13)2)14-9-17-7-4-5-12(17)10-18-14/h6,8,12,14-16H,3-5,7,9-10H2,1-2H3. The molecule has 2 aliphatic rings. The summed E-state index contributed by atoms with van der Waals surface area (Å²) in [6.07, 6.45) is 2.95. The Kier molecular flexibility index (Phi) is 4.22. The van der Waals surface area contributed by atoms with Gasteiger partial charge in [0.2, 0.25) is 0 Å². The van der Waals surface area contributed by atoms with Gasteiger partial charge in [-0.2, -0.15) is 0 Å². The molecule has 0 amide bonds. The molecule has 2 aliphatic heterocycles. The lowest BCUT2D eigenvalue weighted by molar-refractivity contribution is -0.0650. The maximum Gasteiger partial charge on any atom is 0.0897 e. The van der Waals surface area contributed by atoms with Crippen LogP contribution in [-0.4, -0.2) is 43.3 Å². The summed E-state index contributed by atoms with van der Waals surface area (Å²) in [5.41, 5.74) is 1.43. The molecule has 4 heteroatoms. The number of fused-ring (bicyclic) bond motifs is 1. The van der Waals surface area contributed by atoms with Gasteiger partial charge in [-0.25, -0.2) is 0 Å². The number of rotatable bonds is 4. The highest BCUT2D eigenvalue weighted by Crippen LogP contribution is 2.31. The van der Waals surface area contributed by atoms with Crippen molar-refractivity contribution in [3.8, 4) is 0 Å². The first kappa shape index (κ1) is 13.6. The number of hydrogen-bond donors (Lipinski definition) is 1. The van der Waals surface area contributed by atoms with Crippen LogP contribution in [-0.2, 0) is 4.74 Å². The van der Waals surface area contributed by atoms with Crippen LogP contribution in [0.25, 0.3) is 0 Å². The summed E-state index contributed by atoms with van der Waals surface area (Å²) in [7, 11) is 0.